The van der Waals surface area contributed by atoms with Gasteiger partial charge in [-0.2, -0.15) is 0 Å². The average Bonchev–Trinajstić information content (AvgIpc) is 3.26. The van der Waals surface area contributed by atoms with Crippen LogP contribution < -0.4 is 10.6 Å². The topological polar surface area (TPSA) is 67.4 Å². The second-order valence-electron chi connectivity index (χ2n) is 6.28. The normalized spacial score (nSPS) is 22.1. The highest BCUT2D eigenvalue weighted by Crippen LogP contribution is 2.58. The van der Waals surface area contributed by atoms with E-state index in [0.29, 0.717) is 12.1 Å². The standard InChI is InChI=1S/C17H22N2O3/c1-22-16(21)13-4-2-3-12(9-13)11-19-15(20)14-10-17(14)5-7-18-8-6-17/h2-4,9,14,18H,5-8,10-11H2,1H3,(H,19,20). The zero-order chi connectivity index (χ0) is 15.6. The van der Waals surface area contributed by atoms with E-state index in [1.165, 1.54) is 7.11 Å². The quantitative estimate of drug-likeness (QED) is 0.827. The van der Waals surface area contributed by atoms with E-state index in [4.69, 9.17) is 4.74 Å². The monoisotopic (exact) mass is 302 g/mol. The molecule has 1 saturated carbocycles. The third kappa shape index (κ3) is 2.99. The number of amides is 1. The van der Waals surface area contributed by atoms with Crippen LogP contribution in [0, 0.1) is 11.3 Å². The molecule has 118 valence electrons. The first-order valence-electron chi connectivity index (χ1n) is 7.80. The van der Waals surface area contributed by atoms with Crippen LogP contribution in [-0.4, -0.2) is 32.1 Å². The number of nitrogens with one attached hydrogen (secondary N) is 2. The van der Waals surface area contributed by atoms with Crippen LogP contribution in [0.4, 0.5) is 0 Å². The van der Waals surface area contributed by atoms with Crippen LogP contribution in [0.3, 0.4) is 0 Å². The smallest absolute Gasteiger partial charge is 0.337 e. The fraction of sp³-hybridized carbons (Fsp3) is 0.529. The van der Waals surface area contributed by atoms with Crippen LogP contribution in [-0.2, 0) is 16.1 Å². The molecule has 1 heterocycles. The molecule has 2 aliphatic rings. The summed E-state index contributed by atoms with van der Waals surface area (Å²) >= 11 is 0. The zero-order valence-corrected chi connectivity index (χ0v) is 12.9. The predicted octanol–water partition coefficient (Wildman–Crippen LogP) is 1.48. The summed E-state index contributed by atoms with van der Waals surface area (Å²) in [5, 5.41) is 6.35. The molecule has 1 aliphatic heterocycles. The van der Waals surface area contributed by atoms with Crippen molar-refractivity contribution >= 4 is 11.9 Å². The number of benzene rings is 1. The van der Waals surface area contributed by atoms with Gasteiger partial charge < -0.3 is 15.4 Å². The summed E-state index contributed by atoms with van der Waals surface area (Å²) in [6.45, 7) is 2.49. The fourth-order valence-corrected chi connectivity index (χ4v) is 3.43. The van der Waals surface area contributed by atoms with Gasteiger partial charge in [-0.25, -0.2) is 4.79 Å². The van der Waals surface area contributed by atoms with Crippen molar-refractivity contribution in [1.29, 1.82) is 0 Å². The summed E-state index contributed by atoms with van der Waals surface area (Å²) in [6, 6.07) is 7.18. The van der Waals surface area contributed by atoms with E-state index in [2.05, 4.69) is 10.6 Å². The lowest BCUT2D eigenvalue weighted by Crippen LogP contribution is -2.33. The van der Waals surface area contributed by atoms with Crippen molar-refractivity contribution in [2.75, 3.05) is 20.2 Å². The lowest BCUT2D eigenvalue weighted by molar-refractivity contribution is -0.123. The second kappa shape index (κ2) is 6.08. The Labute approximate surface area is 130 Å². The summed E-state index contributed by atoms with van der Waals surface area (Å²) < 4.78 is 4.71. The molecule has 3 rings (SSSR count). The molecule has 5 nitrogen and oxygen atoms in total. The molecular weight excluding hydrogens is 280 g/mol. The van der Waals surface area contributed by atoms with Gasteiger partial charge in [-0.1, -0.05) is 12.1 Å². The van der Waals surface area contributed by atoms with Crippen LogP contribution in [0.2, 0.25) is 0 Å². The number of carbonyl (C=O) groups is 2. The number of esters is 1. The molecular formula is C17H22N2O3. The van der Waals surface area contributed by atoms with Crippen molar-refractivity contribution in [2.24, 2.45) is 11.3 Å². The molecule has 2 fully saturated rings. The highest BCUT2D eigenvalue weighted by atomic mass is 16.5. The zero-order valence-electron chi connectivity index (χ0n) is 12.9. The van der Waals surface area contributed by atoms with Crippen LogP contribution in [0.25, 0.3) is 0 Å². The van der Waals surface area contributed by atoms with E-state index >= 15 is 0 Å². The number of rotatable bonds is 4. The number of hydrogen-bond acceptors (Lipinski definition) is 4. The van der Waals surface area contributed by atoms with Crippen LogP contribution in [0.15, 0.2) is 24.3 Å². The van der Waals surface area contributed by atoms with E-state index in [1.54, 1.807) is 18.2 Å². The van der Waals surface area contributed by atoms with Gasteiger partial charge in [-0.15, -0.1) is 0 Å². The van der Waals surface area contributed by atoms with Crippen LogP contribution in [0.1, 0.15) is 35.2 Å². The summed E-state index contributed by atoms with van der Waals surface area (Å²) in [5.74, 6) is -0.0483. The number of piperidine rings is 1. The third-order valence-corrected chi connectivity index (χ3v) is 4.92. The van der Waals surface area contributed by atoms with Crippen LogP contribution in [0.5, 0.6) is 0 Å². The molecule has 22 heavy (non-hydrogen) atoms. The van der Waals surface area contributed by atoms with E-state index in [1.807, 2.05) is 6.07 Å². The van der Waals surface area contributed by atoms with Gasteiger partial charge in [0.05, 0.1) is 12.7 Å². The Balaban J connectivity index is 1.55. The van der Waals surface area contributed by atoms with E-state index in [-0.39, 0.29) is 23.2 Å². The number of carbonyl (C=O) groups excluding carboxylic acids is 2. The minimum atomic E-state index is -0.357. The average molecular weight is 302 g/mol. The molecule has 2 N–H and O–H groups in total. The van der Waals surface area contributed by atoms with Crippen molar-refractivity contribution in [1.82, 2.24) is 10.6 Å². The largest absolute Gasteiger partial charge is 0.465 e. The van der Waals surface area contributed by atoms with Gasteiger partial charge in [0.1, 0.15) is 0 Å². The van der Waals surface area contributed by atoms with Gasteiger partial charge >= 0.3 is 5.97 Å². The molecule has 1 atom stereocenters. The Morgan fingerprint density at radius 1 is 1.36 bits per heavy atom. The Morgan fingerprint density at radius 3 is 2.86 bits per heavy atom. The summed E-state index contributed by atoms with van der Waals surface area (Å²) in [7, 11) is 1.36. The maximum atomic E-state index is 12.3. The molecule has 1 aromatic rings. The summed E-state index contributed by atoms with van der Waals surface area (Å²) in [6.07, 6.45) is 3.22. The highest BCUT2D eigenvalue weighted by Gasteiger charge is 2.57. The van der Waals surface area contributed by atoms with E-state index in [9.17, 15) is 9.59 Å². The van der Waals surface area contributed by atoms with Gasteiger partial charge in [0.2, 0.25) is 5.91 Å². The first kappa shape index (κ1) is 15.0. The van der Waals surface area contributed by atoms with Crippen LogP contribution >= 0.6 is 0 Å². The fourth-order valence-electron chi connectivity index (χ4n) is 3.43. The highest BCUT2D eigenvalue weighted by molar-refractivity contribution is 5.89. The maximum Gasteiger partial charge on any atom is 0.337 e. The lowest BCUT2D eigenvalue weighted by atomic mass is 9.92. The summed E-state index contributed by atoms with van der Waals surface area (Å²) in [4.78, 5) is 23.8. The number of ether oxygens (including phenoxy) is 1. The van der Waals surface area contributed by atoms with E-state index < -0.39 is 0 Å². The van der Waals surface area contributed by atoms with Crippen molar-refractivity contribution < 1.29 is 14.3 Å². The molecule has 1 aliphatic carbocycles. The van der Waals surface area contributed by atoms with Gasteiger partial charge in [-0.3, -0.25) is 4.79 Å². The van der Waals surface area contributed by atoms with E-state index in [0.717, 1.165) is 37.9 Å². The van der Waals surface area contributed by atoms with Gasteiger partial charge in [0.15, 0.2) is 0 Å². The predicted molar refractivity (Wildman–Crippen MR) is 82.3 cm³/mol. The molecule has 1 amide bonds. The molecule has 1 saturated heterocycles. The van der Waals surface area contributed by atoms with Crippen molar-refractivity contribution in [3.05, 3.63) is 35.4 Å². The molecule has 1 spiro atoms. The number of methoxy groups -OCH3 is 1. The maximum absolute atomic E-state index is 12.3. The van der Waals surface area contributed by atoms with Gasteiger partial charge in [0.25, 0.3) is 0 Å². The molecule has 0 bridgehead atoms. The number of hydrogen-bond donors (Lipinski definition) is 2. The Morgan fingerprint density at radius 2 is 2.14 bits per heavy atom. The van der Waals surface area contributed by atoms with Crippen molar-refractivity contribution in [3.8, 4) is 0 Å². The minimum absolute atomic E-state index is 0.144. The molecule has 0 radical (unpaired) electrons. The molecule has 1 aromatic carbocycles. The Kier molecular flexibility index (Phi) is 4.16. The first-order valence-corrected chi connectivity index (χ1v) is 7.80. The third-order valence-electron chi connectivity index (χ3n) is 4.92. The van der Waals surface area contributed by atoms with Crippen molar-refractivity contribution in [2.45, 2.75) is 25.8 Å². The molecule has 1 unspecified atom stereocenters. The lowest BCUT2D eigenvalue weighted by Gasteiger charge is -2.23. The van der Waals surface area contributed by atoms with Gasteiger partial charge in [0, 0.05) is 12.5 Å². The van der Waals surface area contributed by atoms with Crippen molar-refractivity contribution in [3.63, 3.8) is 0 Å². The van der Waals surface area contributed by atoms with Gasteiger partial charge in [-0.05, 0) is 55.5 Å². The first-order chi connectivity index (χ1) is 10.6. The Hall–Kier alpha value is -1.88. The second-order valence-corrected chi connectivity index (χ2v) is 6.28. The Bertz CT molecular complexity index is 579. The molecule has 5 heteroatoms. The molecule has 0 aromatic heterocycles. The minimum Gasteiger partial charge on any atom is -0.465 e. The summed E-state index contributed by atoms with van der Waals surface area (Å²) in [5.41, 5.74) is 1.68. The SMILES string of the molecule is COC(=O)c1cccc(CNC(=O)C2CC23CCNCC3)c1.